The molecule has 1 aromatic heterocycles. The molecule has 1 aliphatic heterocycles. The Morgan fingerprint density at radius 1 is 1.44 bits per heavy atom. The van der Waals surface area contributed by atoms with Gasteiger partial charge in [0.25, 0.3) is 0 Å². The van der Waals surface area contributed by atoms with Crippen molar-refractivity contribution < 1.29 is 15.0 Å². The molecule has 0 aromatic carbocycles. The third-order valence-corrected chi connectivity index (χ3v) is 3.23. The minimum Gasteiger partial charge on any atom is -0.388 e. The molecule has 1 saturated heterocycles. The Bertz CT molecular complexity index is 378. The third kappa shape index (κ3) is 2.49. The van der Waals surface area contributed by atoms with Crippen molar-refractivity contribution in [1.82, 2.24) is 4.90 Å². The molecular formula is C11H13NO3S. The summed E-state index contributed by atoms with van der Waals surface area (Å²) in [5.74, 6) is -0.179. The fraction of sp³-hybridized carbons (Fsp3) is 0.364. The number of β-amino-alcohol motifs (C(OH)–C–C–N with tert-alkyl or cyclic N) is 2. The summed E-state index contributed by atoms with van der Waals surface area (Å²) in [6.07, 6.45) is 1.56. The lowest BCUT2D eigenvalue weighted by Crippen LogP contribution is -2.27. The van der Waals surface area contributed by atoms with Gasteiger partial charge in [0.05, 0.1) is 12.2 Å². The second-order valence-corrected chi connectivity index (χ2v) is 4.55. The maximum atomic E-state index is 11.7. The number of amides is 1. The topological polar surface area (TPSA) is 60.8 Å². The van der Waals surface area contributed by atoms with Gasteiger partial charge < -0.3 is 15.1 Å². The van der Waals surface area contributed by atoms with Crippen molar-refractivity contribution in [2.45, 2.75) is 12.2 Å². The summed E-state index contributed by atoms with van der Waals surface area (Å²) in [6.45, 7) is 0.405. The number of nitrogens with zero attached hydrogens (tertiary/aromatic N) is 1. The van der Waals surface area contributed by atoms with E-state index >= 15 is 0 Å². The molecule has 2 rings (SSSR count). The fourth-order valence-electron chi connectivity index (χ4n) is 1.59. The lowest BCUT2D eigenvalue weighted by atomic mass is 10.3. The van der Waals surface area contributed by atoms with Crippen LogP contribution in [-0.2, 0) is 4.79 Å². The van der Waals surface area contributed by atoms with Gasteiger partial charge in [-0.25, -0.2) is 0 Å². The van der Waals surface area contributed by atoms with Crippen molar-refractivity contribution in [3.63, 3.8) is 0 Å². The molecule has 0 aliphatic carbocycles. The van der Waals surface area contributed by atoms with Crippen LogP contribution in [0.4, 0.5) is 0 Å². The number of thiophene rings is 1. The molecule has 0 bridgehead atoms. The average molecular weight is 239 g/mol. The van der Waals surface area contributed by atoms with E-state index in [9.17, 15) is 15.0 Å². The third-order valence-electron chi connectivity index (χ3n) is 2.53. The number of hydrogen-bond donors (Lipinski definition) is 2. The van der Waals surface area contributed by atoms with E-state index in [1.165, 1.54) is 11.0 Å². The van der Waals surface area contributed by atoms with Gasteiger partial charge in [-0.3, -0.25) is 4.79 Å². The van der Waals surface area contributed by atoms with Crippen LogP contribution in [0.15, 0.2) is 22.9 Å². The van der Waals surface area contributed by atoms with Gasteiger partial charge in [0, 0.05) is 19.2 Å². The summed E-state index contributed by atoms with van der Waals surface area (Å²) in [6, 6.07) is 1.92. The summed E-state index contributed by atoms with van der Waals surface area (Å²) in [4.78, 5) is 13.1. The Balaban J connectivity index is 1.94. The zero-order chi connectivity index (χ0) is 11.5. The van der Waals surface area contributed by atoms with Crippen LogP contribution in [0.3, 0.4) is 0 Å². The van der Waals surface area contributed by atoms with Gasteiger partial charge in [0.15, 0.2) is 0 Å². The zero-order valence-electron chi connectivity index (χ0n) is 8.61. The lowest BCUT2D eigenvalue weighted by molar-refractivity contribution is -0.125. The van der Waals surface area contributed by atoms with Crippen molar-refractivity contribution in [3.05, 3.63) is 28.5 Å². The molecule has 16 heavy (non-hydrogen) atoms. The first-order valence-corrected chi connectivity index (χ1v) is 5.96. The molecule has 1 amide bonds. The van der Waals surface area contributed by atoms with Crippen molar-refractivity contribution in [2.24, 2.45) is 0 Å². The molecule has 0 spiro atoms. The van der Waals surface area contributed by atoms with Crippen LogP contribution in [0.1, 0.15) is 5.56 Å². The minimum atomic E-state index is -0.821. The highest BCUT2D eigenvalue weighted by atomic mass is 32.1. The normalized spacial score (nSPS) is 25.5. The molecular weight excluding hydrogens is 226 g/mol. The molecule has 0 saturated carbocycles. The van der Waals surface area contributed by atoms with Gasteiger partial charge in [0.2, 0.25) is 5.91 Å². The molecule has 1 aromatic rings. The molecule has 2 atom stereocenters. The van der Waals surface area contributed by atoms with Crippen LogP contribution in [0.5, 0.6) is 0 Å². The highest BCUT2D eigenvalue weighted by molar-refractivity contribution is 7.08. The van der Waals surface area contributed by atoms with Crippen LogP contribution >= 0.6 is 11.3 Å². The quantitative estimate of drug-likeness (QED) is 0.731. The van der Waals surface area contributed by atoms with Gasteiger partial charge >= 0.3 is 0 Å². The maximum Gasteiger partial charge on any atom is 0.246 e. The molecule has 2 N–H and O–H groups in total. The van der Waals surface area contributed by atoms with Crippen molar-refractivity contribution in [3.8, 4) is 0 Å². The zero-order valence-corrected chi connectivity index (χ0v) is 9.43. The van der Waals surface area contributed by atoms with Gasteiger partial charge in [0.1, 0.15) is 0 Å². The molecule has 4 nitrogen and oxygen atoms in total. The van der Waals surface area contributed by atoms with Crippen LogP contribution in [0, 0.1) is 0 Å². The number of likely N-dealkylation sites (tertiary alicyclic amines) is 1. The summed E-state index contributed by atoms with van der Waals surface area (Å²) < 4.78 is 0. The molecule has 2 heterocycles. The molecule has 1 aliphatic rings. The molecule has 5 heteroatoms. The number of hydrogen-bond acceptors (Lipinski definition) is 4. The molecule has 1 fully saturated rings. The lowest BCUT2D eigenvalue weighted by Gasteiger charge is -2.11. The smallest absolute Gasteiger partial charge is 0.246 e. The largest absolute Gasteiger partial charge is 0.388 e. The highest BCUT2D eigenvalue weighted by Gasteiger charge is 2.31. The molecule has 0 radical (unpaired) electrons. The number of carbonyl (C=O) groups is 1. The number of carbonyl (C=O) groups excluding carboxylic acids is 1. The maximum absolute atomic E-state index is 11.7. The van der Waals surface area contributed by atoms with E-state index in [2.05, 4.69) is 0 Å². The van der Waals surface area contributed by atoms with Gasteiger partial charge in [-0.2, -0.15) is 11.3 Å². The Morgan fingerprint density at radius 2 is 2.12 bits per heavy atom. The van der Waals surface area contributed by atoms with E-state index in [1.807, 2.05) is 16.8 Å². The van der Waals surface area contributed by atoms with Crippen molar-refractivity contribution in [2.75, 3.05) is 13.1 Å². The molecule has 86 valence electrons. The Labute approximate surface area is 97.4 Å². The summed E-state index contributed by atoms with van der Waals surface area (Å²) in [5.41, 5.74) is 0.985. The van der Waals surface area contributed by atoms with E-state index in [0.29, 0.717) is 0 Å². The summed E-state index contributed by atoms with van der Waals surface area (Å²) in [5, 5.41) is 22.5. The first-order chi connectivity index (χ1) is 7.66. The Morgan fingerprint density at radius 3 is 2.69 bits per heavy atom. The standard InChI is InChI=1S/C11H13NO3S/c13-9-5-12(6-10(9)14)11(15)2-1-8-3-4-16-7-8/h1-4,7,9-10,13-14H,5-6H2/b2-1+/t9-,10-/m1/s1. The van der Waals surface area contributed by atoms with E-state index in [1.54, 1.807) is 17.4 Å². The van der Waals surface area contributed by atoms with E-state index in [0.717, 1.165) is 5.56 Å². The van der Waals surface area contributed by atoms with Crippen LogP contribution in [0.25, 0.3) is 6.08 Å². The van der Waals surface area contributed by atoms with Crippen LogP contribution < -0.4 is 0 Å². The van der Waals surface area contributed by atoms with Gasteiger partial charge in [-0.05, 0) is 28.5 Å². The summed E-state index contributed by atoms with van der Waals surface area (Å²) in [7, 11) is 0. The predicted molar refractivity (Wildman–Crippen MR) is 61.9 cm³/mol. The minimum absolute atomic E-state index is 0.179. The highest BCUT2D eigenvalue weighted by Crippen LogP contribution is 2.12. The van der Waals surface area contributed by atoms with Crippen molar-refractivity contribution in [1.29, 1.82) is 0 Å². The van der Waals surface area contributed by atoms with Crippen LogP contribution in [-0.4, -0.2) is 46.3 Å². The molecule has 0 unspecified atom stereocenters. The van der Waals surface area contributed by atoms with E-state index in [-0.39, 0.29) is 19.0 Å². The number of aliphatic hydroxyl groups is 2. The first kappa shape index (κ1) is 11.3. The summed E-state index contributed by atoms with van der Waals surface area (Å²) >= 11 is 1.57. The van der Waals surface area contributed by atoms with Gasteiger partial charge in [-0.15, -0.1) is 0 Å². The monoisotopic (exact) mass is 239 g/mol. The first-order valence-electron chi connectivity index (χ1n) is 5.02. The SMILES string of the molecule is O=C(/C=C/c1ccsc1)N1C[C@@H](O)[C@H](O)C1. The Hall–Kier alpha value is -1.17. The van der Waals surface area contributed by atoms with Crippen molar-refractivity contribution >= 4 is 23.3 Å². The van der Waals surface area contributed by atoms with E-state index in [4.69, 9.17) is 0 Å². The fourth-order valence-corrected chi connectivity index (χ4v) is 2.22. The van der Waals surface area contributed by atoms with E-state index < -0.39 is 12.2 Å². The number of rotatable bonds is 2. The number of aliphatic hydroxyl groups excluding tert-OH is 2. The second-order valence-electron chi connectivity index (χ2n) is 3.77. The predicted octanol–water partition coefficient (Wildman–Crippen LogP) is 0.325. The van der Waals surface area contributed by atoms with Crippen LogP contribution in [0.2, 0.25) is 0 Å². The Kier molecular flexibility index (Phi) is 3.38. The second kappa shape index (κ2) is 4.78. The van der Waals surface area contributed by atoms with Gasteiger partial charge in [-0.1, -0.05) is 0 Å². The average Bonchev–Trinajstić information content (AvgIpc) is 2.86.